The number of hydrogen-bond donors (Lipinski definition) is 2. The van der Waals surface area contributed by atoms with E-state index < -0.39 is 5.97 Å². The van der Waals surface area contributed by atoms with Gasteiger partial charge in [0, 0.05) is 11.8 Å². The summed E-state index contributed by atoms with van der Waals surface area (Å²) in [7, 11) is 0. The minimum Gasteiger partial charge on any atom is -0.478 e. The van der Waals surface area contributed by atoms with Gasteiger partial charge in [0.15, 0.2) is 0 Å². The summed E-state index contributed by atoms with van der Waals surface area (Å²) >= 11 is 1.68. The van der Waals surface area contributed by atoms with Crippen LogP contribution in [0, 0.1) is 0 Å². The van der Waals surface area contributed by atoms with E-state index >= 15 is 0 Å². The molecule has 19 heavy (non-hydrogen) atoms. The molecule has 0 aliphatic rings. The van der Waals surface area contributed by atoms with E-state index in [1.54, 1.807) is 30.0 Å². The topological polar surface area (TPSA) is 66.4 Å². The van der Waals surface area contributed by atoms with Crippen LogP contribution < -0.4 is 5.32 Å². The molecule has 0 heterocycles. The summed E-state index contributed by atoms with van der Waals surface area (Å²) in [5.41, 5.74) is 0.738. The smallest absolute Gasteiger partial charge is 0.335 e. The minimum absolute atomic E-state index is 0.105. The molecule has 0 radical (unpaired) electrons. The molecule has 1 aromatic rings. The first kappa shape index (κ1) is 15.6. The van der Waals surface area contributed by atoms with Gasteiger partial charge < -0.3 is 10.4 Å². The summed E-state index contributed by atoms with van der Waals surface area (Å²) in [5, 5.41) is 12.0. The van der Waals surface area contributed by atoms with Gasteiger partial charge in [-0.3, -0.25) is 4.79 Å². The molecule has 1 amide bonds. The normalized spacial score (nSPS) is 11.9. The van der Waals surface area contributed by atoms with Crippen molar-refractivity contribution in [3.8, 4) is 0 Å². The fourth-order valence-corrected chi connectivity index (χ4v) is 2.52. The van der Waals surface area contributed by atoms with E-state index in [4.69, 9.17) is 5.11 Å². The maximum Gasteiger partial charge on any atom is 0.335 e. The zero-order valence-electron chi connectivity index (χ0n) is 11.2. The quantitative estimate of drug-likeness (QED) is 0.804. The van der Waals surface area contributed by atoms with Crippen LogP contribution in [0.2, 0.25) is 0 Å². The molecule has 0 fully saturated rings. The highest BCUT2D eigenvalue weighted by Crippen LogP contribution is 2.10. The first-order chi connectivity index (χ1) is 9.08. The fraction of sp³-hybridized carbons (Fsp3) is 0.429. The van der Waals surface area contributed by atoms with Crippen LogP contribution in [0.5, 0.6) is 0 Å². The Morgan fingerprint density at radius 3 is 2.63 bits per heavy atom. The van der Waals surface area contributed by atoms with E-state index in [0.717, 1.165) is 12.2 Å². The highest BCUT2D eigenvalue weighted by Gasteiger charge is 2.14. The molecular formula is C14H19NO3S. The molecular weight excluding hydrogens is 262 g/mol. The molecule has 5 heteroatoms. The van der Waals surface area contributed by atoms with Crippen molar-refractivity contribution in [1.29, 1.82) is 0 Å². The van der Waals surface area contributed by atoms with Crippen molar-refractivity contribution < 1.29 is 14.7 Å². The lowest BCUT2D eigenvalue weighted by molar-refractivity contribution is -0.121. The maximum atomic E-state index is 11.9. The molecule has 0 saturated heterocycles. The third-order valence-electron chi connectivity index (χ3n) is 2.82. The van der Waals surface area contributed by atoms with Gasteiger partial charge in [-0.1, -0.05) is 25.1 Å². The lowest BCUT2D eigenvalue weighted by Crippen LogP contribution is -2.37. The molecule has 1 unspecified atom stereocenters. The van der Waals surface area contributed by atoms with Crippen molar-refractivity contribution in [2.75, 3.05) is 12.0 Å². The van der Waals surface area contributed by atoms with Gasteiger partial charge >= 0.3 is 5.97 Å². The fourth-order valence-electron chi connectivity index (χ4n) is 1.80. The molecule has 1 atom stereocenters. The number of carbonyl (C=O) groups excluding carboxylic acids is 1. The number of carboxylic acid groups (broad SMARTS) is 1. The third-order valence-corrected chi connectivity index (χ3v) is 3.56. The van der Waals surface area contributed by atoms with Crippen LogP contribution in [0.1, 0.15) is 29.3 Å². The van der Waals surface area contributed by atoms with Gasteiger partial charge in [0.05, 0.1) is 12.0 Å². The minimum atomic E-state index is -1.00. The standard InChI is InChI=1S/C14H19NO3S/c1-3-11(9-19-2)15-13(16)8-10-6-4-5-7-12(10)14(17)18/h4-7,11H,3,8-9H2,1-2H3,(H,15,16)(H,17,18). The Kier molecular flexibility index (Phi) is 6.42. The first-order valence-electron chi connectivity index (χ1n) is 6.18. The molecule has 1 aromatic carbocycles. The number of nitrogens with one attached hydrogen (secondary N) is 1. The molecule has 0 saturated carbocycles. The molecule has 2 N–H and O–H groups in total. The molecule has 0 bridgehead atoms. The number of rotatable bonds is 7. The van der Waals surface area contributed by atoms with Gasteiger partial charge in [-0.2, -0.15) is 11.8 Å². The van der Waals surface area contributed by atoms with Gasteiger partial charge in [0.25, 0.3) is 0 Å². The molecule has 0 spiro atoms. The summed E-state index contributed by atoms with van der Waals surface area (Å²) < 4.78 is 0. The van der Waals surface area contributed by atoms with Crippen LogP contribution in [0.25, 0.3) is 0 Å². The molecule has 0 aromatic heterocycles. The average molecular weight is 281 g/mol. The van der Waals surface area contributed by atoms with E-state index in [1.807, 2.05) is 13.2 Å². The van der Waals surface area contributed by atoms with Gasteiger partial charge in [-0.25, -0.2) is 4.79 Å². The number of carboxylic acids is 1. The second-order valence-electron chi connectivity index (χ2n) is 4.27. The molecule has 104 valence electrons. The van der Waals surface area contributed by atoms with E-state index in [0.29, 0.717) is 5.56 Å². The molecule has 0 aliphatic heterocycles. The summed E-state index contributed by atoms with van der Waals surface area (Å²) in [5.74, 6) is -0.267. The van der Waals surface area contributed by atoms with Crippen molar-refractivity contribution in [2.24, 2.45) is 0 Å². The van der Waals surface area contributed by atoms with Crippen LogP contribution in [0.4, 0.5) is 0 Å². The number of aromatic carboxylic acids is 1. The van der Waals surface area contributed by atoms with E-state index in [9.17, 15) is 9.59 Å². The summed E-state index contributed by atoms with van der Waals surface area (Å²) in [6, 6.07) is 6.74. The van der Waals surface area contributed by atoms with E-state index in [2.05, 4.69) is 5.32 Å². The third kappa shape index (κ3) is 4.95. The molecule has 1 rings (SSSR count). The zero-order valence-corrected chi connectivity index (χ0v) is 12.0. The Balaban J connectivity index is 2.69. The van der Waals surface area contributed by atoms with Gasteiger partial charge in [-0.05, 0) is 24.3 Å². The van der Waals surface area contributed by atoms with E-state index in [-0.39, 0.29) is 23.9 Å². The summed E-state index contributed by atoms with van der Waals surface area (Å²) in [6.45, 7) is 2.02. The average Bonchev–Trinajstić information content (AvgIpc) is 2.38. The lowest BCUT2D eigenvalue weighted by atomic mass is 10.0. The Bertz CT molecular complexity index is 448. The van der Waals surface area contributed by atoms with Crippen molar-refractivity contribution in [3.05, 3.63) is 35.4 Å². The van der Waals surface area contributed by atoms with Gasteiger partial charge in [0.2, 0.25) is 5.91 Å². The predicted molar refractivity (Wildman–Crippen MR) is 77.7 cm³/mol. The Morgan fingerprint density at radius 1 is 1.37 bits per heavy atom. The SMILES string of the molecule is CCC(CSC)NC(=O)Cc1ccccc1C(=O)O. The van der Waals surface area contributed by atoms with Crippen LogP contribution in [-0.2, 0) is 11.2 Å². The number of carbonyl (C=O) groups is 2. The van der Waals surface area contributed by atoms with Crippen LogP contribution in [0.15, 0.2) is 24.3 Å². The predicted octanol–water partition coefficient (Wildman–Crippen LogP) is 2.19. The van der Waals surface area contributed by atoms with Crippen molar-refractivity contribution in [1.82, 2.24) is 5.32 Å². The number of benzene rings is 1. The largest absolute Gasteiger partial charge is 0.478 e. The highest BCUT2D eigenvalue weighted by atomic mass is 32.2. The Labute approximate surface area is 117 Å². The maximum absolute atomic E-state index is 11.9. The first-order valence-corrected chi connectivity index (χ1v) is 7.57. The Hall–Kier alpha value is -1.49. The van der Waals surface area contributed by atoms with Crippen LogP contribution in [0.3, 0.4) is 0 Å². The highest BCUT2D eigenvalue weighted by molar-refractivity contribution is 7.98. The Morgan fingerprint density at radius 2 is 2.05 bits per heavy atom. The van der Waals surface area contributed by atoms with Crippen molar-refractivity contribution in [2.45, 2.75) is 25.8 Å². The van der Waals surface area contributed by atoms with Crippen LogP contribution >= 0.6 is 11.8 Å². The second kappa shape index (κ2) is 7.84. The van der Waals surface area contributed by atoms with Crippen molar-refractivity contribution in [3.63, 3.8) is 0 Å². The summed E-state index contributed by atoms with van der Waals surface area (Å²) in [6.07, 6.45) is 2.97. The van der Waals surface area contributed by atoms with Crippen LogP contribution in [-0.4, -0.2) is 35.0 Å². The second-order valence-corrected chi connectivity index (χ2v) is 5.18. The monoisotopic (exact) mass is 281 g/mol. The number of hydrogen-bond acceptors (Lipinski definition) is 3. The van der Waals surface area contributed by atoms with Crippen molar-refractivity contribution >= 4 is 23.6 Å². The molecule has 0 aliphatic carbocycles. The van der Waals surface area contributed by atoms with Gasteiger partial charge in [0.1, 0.15) is 0 Å². The summed E-state index contributed by atoms with van der Waals surface area (Å²) in [4.78, 5) is 23.0. The lowest BCUT2D eigenvalue weighted by Gasteiger charge is -2.16. The van der Waals surface area contributed by atoms with Gasteiger partial charge in [-0.15, -0.1) is 0 Å². The van der Waals surface area contributed by atoms with E-state index in [1.165, 1.54) is 6.07 Å². The number of thioether (sulfide) groups is 1. The molecule has 4 nitrogen and oxygen atoms in total. The zero-order chi connectivity index (χ0) is 14.3. The number of amides is 1.